The summed E-state index contributed by atoms with van der Waals surface area (Å²) in [5.41, 5.74) is 3.74. The van der Waals surface area contributed by atoms with Crippen LogP contribution in [0, 0.1) is 6.92 Å². The van der Waals surface area contributed by atoms with E-state index in [1.807, 2.05) is 17.8 Å². The second-order valence-electron chi connectivity index (χ2n) is 7.45. The molecule has 5 heteroatoms. The number of nitrogens with one attached hydrogen (secondary N) is 1. The van der Waals surface area contributed by atoms with Crippen LogP contribution in [-0.4, -0.2) is 28.4 Å². The molecule has 0 bridgehead atoms. The summed E-state index contributed by atoms with van der Waals surface area (Å²) in [5, 5.41) is 7.72. The van der Waals surface area contributed by atoms with Crippen molar-refractivity contribution in [2.75, 3.05) is 11.9 Å². The predicted octanol–water partition coefficient (Wildman–Crippen LogP) is 4.01. The number of aryl methyl sites for hydroxylation is 2. The summed E-state index contributed by atoms with van der Waals surface area (Å²) >= 11 is 0. The van der Waals surface area contributed by atoms with E-state index in [1.165, 1.54) is 11.1 Å². The molecule has 0 radical (unpaired) electrons. The number of rotatable bonds is 5. The molecule has 1 amide bonds. The maximum Gasteiger partial charge on any atom is 0.225 e. The molecule has 2 aliphatic rings. The van der Waals surface area contributed by atoms with E-state index < -0.39 is 0 Å². The van der Waals surface area contributed by atoms with E-state index in [1.54, 1.807) is 0 Å². The molecule has 26 heavy (non-hydrogen) atoms. The summed E-state index contributed by atoms with van der Waals surface area (Å²) in [7, 11) is 0. The lowest BCUT2D eigenvalue weighted by atomic mass is 9.88. The molecule has 1 saturated heterocycles. The van der Waals surface area contributed by atoms with E-state index in [9.17, 15) is 4.79 Å². The largest absolute Gasteiger partial charge is 0.378 e. The third kappa shape index (κ3) is 3.54. The Balaban J connectivity index is 1.50. The highest BCUT2D eigenvalue weighted by molar-refractivity contribution is 5.90. The SMILES string of the molecule is Cc1cnn([C@@H]2CCCc3ccccc32)c1NC(=O)CC[C@@H]1CCCO1. The Morgan fingerprint density at radius 3 is 3.04 bits per heavy atom. The first-order chi connectivity index (χ1) is 12.7. The van der Waals surface area contributed by atoms with Crippen LogP contribution in [0.5, 0.6) is 0 Å². The van der Waals surface area contributed by atoms with E-state index in [4.69, 9.17) is 4.74 Å². The normalized spacial score (nSPS) is 22.2. The number of amides is 1. The lowest BCUT2D eigenvalue weighted by Gasteiger charge is -2.27. The second kappa shape index (κ2) is 7.62. The molecule has 1 fully saturated rings. The van der Waals surface area contributed by atoms with Gasteiger partial charge in [-0.15, -0.1) is 0 Å². The average molecular weight is 353 g/mol. The van der Waals surface area contributed by atoms with Crippen LogP contribution in [0.25, 0.3) is 0 Å². The van der Waals surface area contributed by atoms with Gasteiger partial charge in [0.25, 0.3) is 0 Å². The zero-order valence-corrected chi connectivity index (χ0v) is 15.4. The van der Waals surface area contributed by atoms with Gasteiger partial charge in [0.05, 0.1) is 18.3 Å². The zero-order chi connectivity index (χ0) is 17.9. The minimum absolute atomic E-state index is 0.0504. The molecule has 0 saturated carbocycles. The van der Waals surface area contributed by atoms with Crippen molar-refractivity contribution in [2.24, 2.45) is 0 Å². The van der Waals surface area contributed by atoms with Crippen LogP contribution in [0.15, 0.2) is 30.5 Å². The van der Waals surface area contributed by atoms with Gasteiger partial charge >= 0.3 is 0 Å². The number of carbonyl (C=O) groups excluding carboxylic acids is 1. The molecule has 1 aliphatic carbocycles. The number of fused-ring (bicyclic) bond motifs is 1. The quantitative estimate of drug-likeness (QED) is 0.883. The minimum atomic E-state index is 0.0504. The molecule has 1 aliphatic heterocycles. The molecule has 5 nitrogen and oxygen atoms in total. The maximum absolute atomic E-state index is 12.5. The number of hydrogen-bond acceptors (Lipinski definition) is 3. The summed E-state index contributed by atoms with van der Waals surface area (Å²) in [4.78, 5) is 12.5. The monoisotopic (exact) mass is 353 g/mol. The van der Waals surface area contributed by atoms with Gasteiger partial charge in [-0.05, 0) is 56.6 Å². The van der Waals surface area contributed by atoms with E-state index in [-0.39, 0.29) is 18.1 Å². The topological polar surface area (TPSA) is 56.2 Å². The van der Waals surface area contributed by atoms with Crippen molar-refractivity contribution in [1.29, 1.82) is 0 Å². The first-order valence-electron chi connectivity index (χ1n) is 9.76. The zero-order valence-electron chi connectivity index (χ0n) is 15.4. The van der Waals surface area contributed by atoms with E-state index in [2.05, 4.69) is 34.7 Å². The maximum atomic E-state index is 12.5. The summed E-state index contributed by atoms with van der Waals surface area (Å²) in [5.74, 6) is 0.887. The number of benzene rings is 1. The number of nitrogens with zero attached hydrogens (tertiary/aromatic N) is 2. The number of carbonyl (C=O) groups is 1. The van der Waals surface area contributed by atoms with Crippen LogP contribution in [0.4, 0.5) is 5.82 Å². The van der Waals surface area contributed by atoms with Gasteiger partial charge in [-0.2, -0.15) is 5.10 Å². The van der Waals surface area contributed by atoms with Crippen LogP contribution in [-0.2, 0) is 16.0 Å². The second-order valence-corrected chi connectivity index (χ2v) is 7.45. The Bertz CT molecular complexity index is 777. The number of anilines is 1. The Kier molecular flexibility index (Phi) is 5.07. The Labute approximate surface area is 154 Å². The van der Waals surface area contributed by atoms with Gasteiger partial charge < -0.3 is 10.1 Å². The predicted molar refractivity (Wildman–Crippen MR) is 101 cm³/mol. The van der Waals surface area contributed by atoms with Gasteiger partial charge in [0.2, 0.25) is 5.91 Å². The third-order valence-electron chi connectivity index (χ3n) is 5.59. The van der Waals surface area contributed by atoms with E-state index in [0.717, 1.165) is 56.5 Å². The summed E-state index contributed by atoms with van der Waals surface area (Å²) in [6, 6.07) is 8.79. The molecule has 1 N–H and O–H groups in total. The van der Waals surface area contributed by atoms with Crippen LogP contribution in [0.3, 0.4) is 0 Å². The highest BCUT2D eigenvalue weighted by atomic mass is 16.5. The highest BCUT2D eigenvalue weighted by Gasteiger charge is 2.25. The van der Waals surface area contributed by atoms with Crippen molar-refractivity contribution >= 4 is 11.7 Å². The Morgan fingerprint density at radius 2 is 2.19 bits per heavy atom. The van der Waals surface area contributed by atoms with Gasteiger partial charge in [0.1, 0.15) is 5.82 Å². The average Bonchev–Trinajstić information content (AvgIpc) is 3.30. The van der Waals surface area contributed by atoms with Crippen molar-refractivity contribution in [3.05, 3.63) is 47.2 Å². The molecule has 138 valence electrons. The first-order valence-corrected chi connectivity index (χ1v) is 9.76. The molecule has 2 heterocycles. The number of aromatic nitrogens is 2. The van der Waals surface area contributed by atoms with Gasteiger partial charge in [-0.1, -0.05) is 24.3 Å². The van der Waals surface area contributed by atoms with Crippen LogP contribution in [0.1, 0.15) is 61.3 Å². The van der Waals surface area contributed by atoms with Crippen LogP contribution in [0.2, 0.25) is 0 Å². The van der Waals surface area contributed by atoms with Gasteiger partial charge in [-0.3, -0.25) is 4.79 Å². The standard InChI is InChI=1S/C21H27N3O2/c1-15-14-22-24(19-10-4-7-16-6-2-3-9-18(16)19)21(15)23-20(25)12-11-17-8-5-13-26-17/h2-3,6,9,14,17,19H,4-5,7-8,10-13H2,1H3,(H,23,25)/t17-,19+/m0/s1. The molecule has 0 spiro atoms. The number of hydrogen-bond donors (Lipinski definition) is 1. The summed E-state index contributed by atoms with van der Waals surface area (Å²) in [6.07, 6.45) is 8.90. The summed E-state index contributed by atoms with van der Waals surface area (Å²) < 4.78 is 7.63. The Morgan fingerprint density at radius 1 is 1.31 bits per heavy atom. The lowest BCUT2D eigenvalue weighted by Crippen LogP contribution is -2.23. The van der Waals surface area contributed by atoms with E-state index in [0.29, 0.717) is 6.42 Å². The van der Waals surface area contributed by atoms with Gasteiger partial charge in [0.15, 0.2) is 0 Å². The number of ether oxygens (including phenoxy) is 1. The molecule has 2 aromatic rings. The van der Waals surface area contributed by atoms with Crippen molar-refractivity contribution in [3.63, 3.8) is 0 Å². The molecule has 4 rings (SSSR count). The molecule has 1 aromatic heterocycles. The fourth-order valence-corrected chi connectivity index (χ4v) is 4.18. The molecular weight excluding hydrogens is 326 g/mol. The van der Waals surface area contributed by atoms with Crippen molar-refractivity contribution in [2.45, 2.75) is 64.0 Å². The van der Waals surface area contributed by atoms with Gasteiger partial charge in [0, 0.05) is 18.6 Å². The molecule has 0 unspecified atom stereocenters. The van der Waals surface area contributed by atoms with Crippen LogP contribution >= 0.6 is 0 Å². The lowest BCUT2D eigenvalue weighted by molar-refractivity contribution is -0.116. The summed E-state index contributed by atoms with van der Waals surface area (Å²) in [6.45, 7) is 2.84. The fraction of sp³-hybridized carbons (Fsp3) is 0.524. The molecule has 1 aromatic carbocycles. The van der Waals surface area contributed by atoms with E-state index >= 15 is 0 Å². The van der Waals surface area contributed by atoms with Crippen molar-refractivity contribution in [3.8, 4) is 0 Å². The van der Waals surface area contributed by atoms with Crippen molar-refractivity contribution < 1.29 is 9.53 Å². The third-order valence-corrected chi connectivity index (χ3v) is 5.59. The minimum Gasteiger partial charge on any atom is -0.378 e. The van der Waals surface area contributed by atoms with Crippen molar-refractivity contribution in [1.82, 2.24) is 9.78 Å². The fourth-order valence-electron chi connectivity index (χ4n) is 4.18. The molecule has 2 atom stereocenters. The first kappa shape index (κ1) is 17.3. The van der Waals surface area contributed by atoms with Crippen LogP contribution < -0.4 is 5.32 Å². The highest BCUT2D eigenvalue weighted by Crippen LogP contribution is 2.35. The van der Waals surface area contributed by atoms with Gasteiger partial charge in [-0.25, -0.2) is 4.68 Å². The smallest absolute Gasteiger partial charge is 0.225 e. The molecular formula is C21H27N3O2. The Hall–Kier alpha value is -2.14.